The van der Waals surface area contributed by atoms with Crippen LogP contribution in [0.15, 0.2) is 35.5 Å². The zero-order valence-electron chi connectivity index (χ0n) is 49.0. The van der Waals surface area contributed by atoms with Crippen LogP contribution in [0.4, 0.5) is 0 Å². The van der Waals surface area contributed by atoms with Gasteiger partial charge < -0.3 is 48.8 Å². The van der Waals surface area contributed by atoms with Gasteiger partial charge in [-0.15, -0.1) is 0 Å². The monoisotopic (exact) mass is 1050 g/mol. The minimum absolute atomic E-state index is 0.129. The maximum Gasteiger partial charge on any atom is 0.316 e. The molecule has 3 saturated carbocycles. The number of cyclic esters (lactones) is 1. The molecule has 3 unspecified atom stereocenters. The Hall–Kier alpha value is -2.98. The fourth-order valence-electron chi connectivity index (χ4n) is 14.1. The number of carbonyl (C=O) groups is 4. The lowest BCUT2D eigenvalue weighted by molar-refractivity contribution is -0.296. The zero-order valence-corrected chi connectivity index (χ0v) is 49.0. The van der Waals surface area contributed by atoms with Gasteiger partial charge in [-0.3, -0.25) is 19.2 Å². The van der Waals surface area contributed by atoms with Gasteiger partial charge in [-0.25, -0.2) is 0 Å². The van der Waals surface area contributed by atoms with Crippen molar-refractivity contribution in [1.82, 2.24) is 9.80 Å². The Bertz CT molecular complexity index is 2010. The van der Waals surface area contributed by atoms with Crippen molar-refractivity contribution < 1.29 is 58.2 Å². The molecule has 14 nitrogen and oxygen atoms in total. The molecule has 0 aromatic rings. The van der Waals surface area contributed by atoms with Crippen LogP contribution >= 0.6 is 0 Å². The van der Waals surface area contributed by atoms with Gasteiger partial charge in [0.2, 0.25) is 0 Å². The zero-order chi connectivity index (χ0) is 55.9. The number of nitrogens with zero attached hydrogens (tertiary/aromatic N) is 2. The highest BCUT2D eigenvalue weighted by molar-refractivity contribution is 6.00. The normalized spacial score (nSPS) is 40.5. The van der Waals surface area contributed by atoms with Gasteiger partial charge in [0.05, 0.1) is 36.7 Å². The highest BCUT2D eigenvalue weighted by atomic mass is 16.7. The third-order valence-corrected chi connectivity index (χ3v) is 18.7. The fourth-order valence-corrected chi connectivity index (χ4v) is 14.1. The van der Waals surface area contributed by atoms with E-state index in [2.05, 4.69) is 46.4 Å². The first-order valence-corrected chi connectivity index (χ1v) is 29.0. The fraction of sp³-hybridized carbons (Fsp3) is 0.836. The number of fused-ring (bicyclic) bond motifs is 1. The quantitative estimate of drug-likeness (QED) is 0.0801. The van der Waals surface area contributed by atoms with Crippen molar-refractivity contribution in [1.29, 1.82) is 0 Å². The first-order chi connectivity index (χ1) is 35.0. The summed E-state index contributed by atoms with van der Waals surface area (Å²) in [6.07, 6.45) is 10.3. The number of ketones is 1. The Morgan fingerprint density at radius 2 is 1.61 bits per heavy atom. The van der Waals surface area contributed by atoms with Gasteiger partial charge in [0, 0.05) is 24.9 Å². The summed E-state index contributed by atoms with van der Waals surface area (Å²) in [5.74, 6) is -2.39. The summed E-state index contributed by atoms with van der Waals surface area (Å²) in [7, 11) is 5.53. The van der Waals surface area contributed by atoms with Crippen LogP contribution < -0.4 is 0 Å². The Balaban J connectivity index is 1.27. The van der Waals surface area contributed by atoms with Gasteiger partial charge in [-0.2, -0.15) is 0 Å². The molecule has 75 heavy (non-hydrogen) atoms. The average Bonchev–Trinajstić information content (AvgIpc) is 3.70. The van der Waals surface area contributed by atoms with Crippen LogP contribution in [-0.4, -0.2) is 143 Å². The molecule has 2 saturated heterocycles. The summed E-state index contributed by atoms with van der Waals surface area (Å²) >= 11 is 0. The standard InChI is InChI=1S/C61H102N2O12/c1-17-50-61(13,70)55(67)43(10)63(16)35-37(4)34-60(12,69)56(41(8)53(66)42(9)57(68)73-50)75-58-54(49(62(14)15)32-40(7)71-58)74-52(65)30-29-51(64)72-46-26-23-38(5)45(33-46)25-24-44-22-19-31-59(11)47(27-28-48(44)59)39(6)21-18-20-36(2)3/h24-25,36-37,39-43,46-50,54-56,58,67,69-70H,5,17-23,26-35H2,1-4,6-16H3/t37-,39+,40-,41+,42-,43-,46-,47?,48?,49+,50-,54-,55-,56-,58+,59?,60-,61-/m1/s1. The Morgan fingerprint density at radius 3 is 2.25 bits per heavy atom. The van der Waals surface area contributed by atoms with Crippen LogP contribution in [-0.2, 0) is 42.9 Å². The van der Waals surface area contributed by atoms with Crippen LogP contribution in [0.2, 0.25) is 0 Å². The first-order valence-electron chi connectivity index (χ1n) is 29.0. The molecular weight excluding hydrogens is 953 g/mol. The molecule has 18 atom stereocenters. The molecule has 0 bridgehead atoms. The van der Waals surface area contributed by atoms with Crippen molar-refractivity contribution in [3.8, 4) is 0 Å². The smallest absolute Gasteiger partial charge is 0.316 e. The van der Waals surface area contributed by atoms with Crippen molar-refractivity contribution in [3.63, 3.8) is 0 Å². The van der Waals surface area contributed by atoms with Gasteiger partial charge in [0.15, 0.2) is 18.2 Å². The number of aliphatic hydroxyl groups excluding tert-OH is 1. The van der Waals surface area contributed by atoms with Crippen molar-refractivity contribution in [2.24, 2.45) is 46.8 Å². The van der Waals surface area contributed by atoms with E-state index in [4.69, 9.17) is 23.7 Å². The lowest BCUT2D eigenvalue weighted by Gasteiger charge is -2.46. The van der Waals surface area contributed by atoms with Crippen molar-refractivity contribution in [2.75, 3.05) is 27.7 Å². The Morgan fingerprint density at radius 1 is 0.947 bits per heavy atom. The molecule has 0 aromatic heterocycles. The Kier molecular flexibility index (Phi) is 22.4. The number of rotatable bonds is 15. The van der Waals surface area contributed by atoms with Crippen LogP contribution in [0.3, 0.4) is 0 Å². The number of likely N-dealkylation sites (N-methyl/N-ethyl adjacent to an activating group) is 2. The number of esters is 3. The van der Waals surface area contributed by atoms with E-state index in [9.17, 15) is 34.5 Å². The third kappa shape index (κ3) is 15.7. The van der Waals surface area contributed by atoms with E-state index in [-0.39, 0.29) is 43.8 Å². The van der Waals surface area contributed by atoms with E-state index in [1.54, 1.807) is 33.3 Å². The molecule has 428 valence electrons. The molecule has 2 aliphatic heterocycles. The summed E-state index contributed by atoms with van der Waals surface area (Å²) in [6, 6.07) is -0.989. The third-order valence-electron chi connectivity index (χ3n) is 18.7. The number of hydrogen-bond acceptors (Lipinski definition) is 14. The molecule has 14 heteroatoms. The summed E-state index contributed by atoms with van der Waals surface area (Å²) in [6.45, 7) is 27.8. The highest BCUT2D eigenvalue weighted by Crippen LogP contribution is 2.60. The van der Waals surface area contributed by atoms with E-state index in [0.29, 0.717) is 37.1 Å². The predicted molar refractivity (Wildman–Crippen MR) is 292 cm³/mol. The number of ether oxygens (including phenoxy) is 5. The lowest BCUT2D eigenvalue weighted by Crippen LogP contribution is -2.60. The molecule has 0 radical (unpaired) electrons. The van der Waals surface area contributed by atoms with E-state index >= 15 is 0 Å². The molecule has 5 rings (SSSR count). The van der Waals surface area contributed by atoms with E-state index in [1.165, 1.54) is 58.8 Å². The van der Waals surface area contributed by atoms with Gasteiger partial charge in [0.25, 0.3) is 0 Å². The van der Waals surface area contributed by atoms with Gasteiger partial charge >= 0.3 is 17.9 Å². The average molecular weight is 1060 g/mol. The van der Waals surface area contributed by atoms with E-state index in [1.807, 2.05) is 44.8 Å². The SMILES string of the molecule is C=C1CC[C@@H](OC(=O)CCC(=O)O[C@H]2[C@H](O[C@@H]3[C@@H](C)C(=O)[C@@H](C)C(=O)O[C@H](CC)[C@@](C)(O)[C@H](O)[C@@H](C)N(C)C[C@H](C)C[C@@]3(C)O)O[C@H](C)C[C@@H]2N(C)C)CC1=CC=C1CCCC2(C)C1CCC2[C@@H](C)CCCC(C)C. The molecular formula is C61H102N2O12. The molecule has 0 spiro atoms. The van der Waals surface area contributed by atoms with E-state index in [0.717, 1.165) is 41.7 Å². The second-order valence-corrected chi connectivity index (χ2v) is 25.6. The summed E-state index contributed by atoms with van der Waals surface area (Å²) in [4.78, 5) is 59.2. The van der Waals surface area contributed by atoms with Crippen molar-refractivity contribution >= 4 is 23.7 Å². The van der Waals surface area contributed by atoms with Gasteiger partial charge in [-0.1, -0.05) is 97.6 Å². The molecule has 0 aromatic carbocycles. The van der Waals surface area contributed by atoms with Crippen LogP contribution in [0, 0.1) is 46.8 Å². The largest absolute Gasteiger partial charge is 0.462 e. The van der Waals surface area contributed by atoms with Crippen molar-refractivity contribution in [2.45, 2.75) is 252 Å². The molecule has 2 heterocycles. The van der Waals surface area contributed by atoms with Crippen LogP contribution in [0.1, 0.15) is 186 Å². The minimum Gasteiger partial charge on any atom is -0.462 e. The summed E-state index contributed by atoms with van der Waals surface area (Å²) in [5, 5.41) is 35.5. The molecule has 0 amide bonds. The van der Waals surface area contributed by atoms with Gasteiger partial charge in [-0.05, 0) is 161 Å². The van der Waals surface area contributed by atoms with E-state index < -0.39 is 89.5 Å². The second-order valence-electron chi connectivity index (χ2n) is 25.6. The number of hydrogen-bond donors (Lipinski definition) is 3. The first kappa shape index (κ1) is 62.9. The van der Waals surface area contributed by atoms with Crippen molar-refractivity contribution in [3.05, 3.63) is 35.5 Å². The molecule has 5 fully saturated rings. The summed E-state index contributed by atoms with van der Waals surface area (Å²) < 4.78 is 31.2. The molecule has 3 N–H and O–H groups in total. The topological polar surface area (TPSA) is 182 Å². The summed E-state index contributed by atoms with van der Waals surface area (Å²) in [5.41, 5.74) is 0.542. The van der Waals surface area contributed by atoms with Gasteiger partial charge in [0.1, 0.15) is 29.8 Å². The van der Waals surface area contributed by atoms with Crippen LogP contribution in [0.5, 0.6) is 0 Å². The van der Waals surface area contributed by atoms with Crippen LogP contribution in [0.25, 0.3) is 0 Å². The lowest BCUT2D eigenvalue weighted by atomic mass is 9.60. The maximum absolute atomic E-state index is 14.4. The molecule has 3 aliphatic carbocycles. The maximum atomic E-state index is 14.4. The second kappa shape index (κ2) is 26.8. The molecule has 5 aliphatic rings. The highest BCUT2D eigenvalue weighted by Gasteiger charge is 2.52. The number of allylic oxidation sites excluding steroid dienone is 4. The number of carbonyl (C=O) groups excluding carboxylic acids is 4. The number of aliphatic hydroxyl groups is 3. The predicted octanol–water partition coefficient (Wildman–Crippen LogP) is 9.70. The number of Topliss-reactive ketones (excluding diaryl/α,β-unsaturated/α-hetero) is 1. The Labute approximate surface area is 452 Å². The minimum atomic E-state index is -1.84.